The highest BCUT2D eigenvalue weighted by atomic mass is 19.1. The average molecular weight is 339 g/mol. The summed E-state index contributed by atoms with van der Waals surface area (Å²) in [4.78, 5) is 17.3. The van der Waals surface area contributed by atoms with E-state index in [2.05, 4.69) is 16.4 Å². The van der Waals surface area contributed by atoms with E-state index in [0.29, 0.717) is 19.6 Å². The Bertz CT molecular complexity index is 859. The van der Waals surface area contributed by atoms with Crippen molar-refractivity contribution in [3.8, 4) is 0 Å². The third-order valence-electron chi connectivity index (χ3n) is 4.28. The Morgan fingerprint density at radius 1 is 1.20 bits per heavy atom. The predicted octanol–water partition coefficient (Wildman–Crippen LogP) is 4.08. The van der Waals surface area contributed by atoms with Crippen molar-refractivity contribution in [2.75, 3.05) is 13.1 Å². The van der Waals surface area contributed by atoms with Crippen molar-refractivity contribution in [3.63, 3.8) is 0 Å². The Morgan fingerprint density at radius 2 is 2.04 bits per heavy atom. The topological polar surface area (TPSA) is 48.1 Å². The number of benzene rings is 2. The molecular formula is C20H22FN3O. The van der Waals surface area contributed by atoms with Gasteiger partial charge in [-0.2, -0.15) is 0 Å². The van der Waals surface area contributed by atoms with Gasteiger partial charge in [0.15, 0.2) is 0 Å². The molecule has 0 spiro atoms. The molecule has 25 heavy (non-hydrogen) atoms. The molecule has 0 fully saturated rings. The highest BCUT2D eigenvalue weighted by molar-refractivity contribution is 5.83. The molecule has 0 aliphatic heterocycles. The first-order valence-corrected chi connectivity index (χ1v) is 8.49. The molecule has 0 unspecified atom stereocenters. The monoisotopic (exact) mass is 339 g/mol. The zero-order valence-corrected chi connectivity index (χ0v) is 14.3. The van der Waals surface area contributed by atoms with Gasteiger partial charge in [-0.25, -0.2) is 9.18 Å². The fourth-order valence-electron chi connectivity index (χ4n) is 2.94. The molecule has 0 bridgehead atoms. The number of aromatic nitrogens is 1. The zero-order valence-electron chi connectivity index (χ0n) is 14.3. The number of H-pyrrole nitrogens is 1. The van der Waals surface area contributed by atoms with Crippen LogP contribution in [0.5, 0.6) is 0 Å². The lowest BCUT2D eigenvalue weighted by Crippen LogP contribution is -2.40. The number of fused-ring (bicyclic) bond motifs is 1. The Morgan fingerprint density at radius 3 is 2.84 bits per heavy atom. The Labute approximate surface area is 146 Å². The van der Waals surface area contributed by atoms with E-state index < -0.39 is 0 Å². The number of hydrogen-bond donors (Lipinski definition) is 2. The second-order valence-electron chi connectivity index (χ2n) is 5.99. The first kappa shape index (κ1) is 17.0. The lowest BCUT2D eigenvalue weighted by atomic mass is 10.1. The fraction of sp³-hybridized carbons (Fsp3) is 0.250. The van der Waals surface area contributed by atoms with E-state index in [9.17, 15) is 9.18 Å². The molecule has 0 atom stereocenters. The molecule has 0 saturated heterocycles. The molecule has 4 nitrogen and oxygen atoms in total. The van der Waals surface area contributed by atoms with Crippen molar-refractivity contribution < 1.29 is 9.18 Å². The van der Waals surface area contributed by atoms with Crippen molar-refractivity contribution in [2.45, 2.75) is 19.9 Å². The van der Waals surface area contributed by atoms with Crippen LogP contribution in [0, 0.1) is 5.82 Å². The number of urea groups is 1. The molecule has 0 radical (unpaired) electrons. The summed E-state index contributed by atoms with van der Waals surface area (Å²) < 4.78 is 13.3. The van der Waals surface area contributed by atoms with Crippen LogP contribution in [0.4, 0.5) is 9.18 Å². The van der Waals surface area contributed by atoms with Crippen molar-refractivity contribution in [1.82, 2.24) is 15.2 Å². The van der Waals surface area contributed by atoms with Gasteiger partial charge in [-0.3, -0.25) is 0 Å². The standard InChI is InChI=1S/C20H22FN3O/c1-2-24(14-15-6-5-7-17(21)12-15)20(25)22-11-10-16-13-23-19-9-4-3-8-18(16)19/h3-9,12-13,23H,2,10-11,14H2,1H3,(H,22,25). The second-order valence-corrected chi connectivity index (χ2v) is 5.99. The summed E-state index contributed by atoms with van der Waals surface area (Å²) in [5.74, 6) is -0.284. The van der Waals surface area contributed by atoms with Gasteiger partial charge in [0.2, 0.25) is 0 Å². The van der Waals surface area contributed by atoms with Gasteiger partial charge in [0, 0.05) is 36.7 Å². The number of carbonyl (C=O) groups is 1. The van der Waals surface area contributed by atoms with Gasteiger partial charge >= 0.3 is 6.03 Å². The maximum absolute atomic E-state index is 13.3. The van der Waals surface area contributed by atoms with Crippen LogP contribution in [-0.4, -0.2) is 29.0 Å². The number of aromatic amines is 1. The highest BCUT2D eigenvalue weighted by Crippen LogP contribution is 2.17. The van der Waals surface area contributed by atoms with Gasteiger partial charge in [0.25, 0.3) is 0 Å². The summed E-state index contributed by atoms with van der Waals surface area (Å²) in [5, 5.41) is 4.13. The van der Waals surface area contributed by atoms with Gasteiger partial charge < -0.3 is 15.2 Å². The molecule has 3 aromatic rings. The van der Waals surface area contributed by atoms with E-state index in [-0.39, 0.29) is 11.8 Å². The van der Waals surface area contributed by atoms with Crippen molar-refractivity contribution >= 4 is 16.9 Å². The lowest BCUT2D eigenvalue weighted by molar-refractivity contribution is 0.198. The average Bonchev–Trinajstić information content (AvgIpc) is 3.03. The van der Waals surface area contributed by atoms with Crippen LogP contribution < -0.4 is 5.32 Å². The maximum Gasteiger partial charge on any atom is 0.317 e. The molecule has 2 amide bonds. The summed E-state index contributed by atoms with van der Waals surface area (Å²) >= 11 is 0. The Hall–Kier alpha value is -2.82. The Kier molecular flexibility index (Phi) is 5.33. The zero-order chi connectivity index (χ0) is 17.6. The summed E-state index contributed by atoms with van der Waals surface area (Å²) in [6.07, 6.45) is 2.74. The summed E-state index contributed by atoms with van der Waals surface area (Å²) in [7, 11) is 0. The van der Waals surface area contributed by atoms with Crippen molar-refractivity contribution in [3.05, 3.63) is 71.7 Å². The molecule has 1 aromatic heterocycles. The number of hydrogen-bond acceptors (Lipinski definition) is 1. The number of halogens is 1. The summed E-state index contributed by atoms with van der Waals surface area (Å²) in [6, 6.07) is 14.3. The maximum atomic E-state index is 13.3. The number of amides is 2. The number of nitrogens with zero attached hydrogens (tertiary/aromatic N) is 1. The van der Waals surface area contributed by atoms with Crippen LogP contribution in [-0.2, 0) is 13.0 Å². The van der Waals surface area contributed by atoms with E-state index in [1.807, 2.05) is 37.4 Å². The fourth-order valence-corrected chi connectivity index (χ4v) is 2.94. The largest absolute Gasteiger partial charge is 0.361 e. The smallest absolute Gasteiger partial charge is 0.317 e. The quantitative estimate of drug-likeness (QED) is 0.698. The van der Waals surface area contributed by atoms with E-state index in [1.165, 1.54) is 23.1 Å². The van der Waals surface area contributed by atoms with Crippen molar-refractivity contribution in [1.29, 1.82) is 0 Å². The molecular weight excluding hydrogens is 317 g/mol. The molecule has 5 heteroatoms. The first-order valence-electron chi connectivity index (χ1n) is 8.49. The molecule has 0 aliphatic carbocycles. The molecule has 2 N–H and O–H groups in total. The van der Waals surface area contributed by atoms with Gasteiger partial charge in [0.1, 0.15) is 5.82 Å². The van der Waals surface area contributed by atoms with Crippen LogP contribution >= 0.6 is 0 Å². The molecule has 1 heterocycles. The highest BCUT2D eigenvalue weighted by Gasteiger charge is 2.12. The third-order valence-corrected chi connectivity index (χ3v) is 4.28. The van der Waals surface area contributed by atoms with Gasteiger partial charge in [-0.05, 0) is 42.7 Å². The van der Waals surface area contributed by atoms with Crippen LogP contribution in [0.1, 0.15) is 18.1 Å². The van der Waals surface area contributed by atoms with Crippen LogP contribution in [0.15, 0.2) is 54.7 Å². The number of rotatable bonds is 6. The van der Waals surface area contributed by atoms with Gasteiger partial charge in [0.05, 0.1) is 0 Å². The summed E-state index contributed by atoms with van der Waals surface area (Å²) in [6.45, 7) is 3.43. The molecule has 3 rings (SSSR count). The van der Waals surface area contributed by atoms with Gasteiger partial charge in [-0.15, -0.1) is 0 Å². The Balaban J connectivity index is 1.55. The number of para-hydroxylation sites is 1. The van der Waals surface area contributed by atoms with Crippen molar-refractivity contribution in [2.24, 2.45) is 0 Å². The SMILES string of the molecule is CCN(Cc1cccc(F)c1)C(=O)NCCc1c[nH]c2ccccc12. The number of carbonyl (C=O) groups excluding carboxylic acids is 1. The normalized spacial score (nSPS) is 10.8. The van der Waals surface area contributed by atoms with E-state index in [0.717, 1.165) is 17.5 Å². The molecule has 0 saturated carbocycles. The molecule has 0 aliphatic rings. The van der Waals surface area contributed by atoms with E-state index in [4.69, 9.17) is 0 Å². The number of nitrogens with one attached hydrogen (secondary N) is 2. The minimum atomic E-state index is -0.284. The minimum absolute atomic E-state index is 0.133. The van der Waals surface area contributed by atoms with E-state index >= 15 is 0 Å². The lowest BCUT2D eigenvalue weighted by Gasteiger charge is -2.21. The van der Waals surface area contributed by atoms with Gasteiger partial charge in [-0.1, -0.05) is 30.3 Å². The summed E-state index contributed by atoms with van der Waals surface area (Å²) in [5.41, 5.74) is 3.07. The first-order chi connectivity index (χ1) is 12.2. The third kappa shape index (κ3) is 4.18. The molecule has 2 aromatic carbocycles. The van der Waals surface area contributed by atoms with Crippen LogP contribution in [0.3, 0.4) is 0 Å². The minimum Gasteiger partial charge on any atom is -0.361 e. The van der Waals surface area contributed by atoms with Crippen LogP contribution in [0.25, 0.3) is 10.9 Å². The molecule has 130 valence electrons. The predicted molar refractivity (Wildman–Crippen MR) is 97.9 cm³/mol. The van der Waals surface area contributed by atoms with E-state index in [1.54, 1.807) is 11.0 Å². The second kappa shape index (κ2) is 7.83. The van der Waals surface area contributed by atoms with Crippen LogP contribution in [0.2, 0.25) is 0 Å².